The van der Waals surface area contributed by atoms with Gasteiger partial charge in [-0.2, -0.15) is 0 Å². The van der Waals surface area contributed by atoms with Crippen molar-refractivity contribution in [3.63, 3.8) is 0 Å². The average molecular weight is 1170 g/mol. The van der Waals surface area contributed by atoms with E-state index in [1.807, 2.05) is 29.8 Å². The molecule has 0 atom stereocenters. The van der Waals surface area contributed by atoms with Gasteiger partial charge in [-0.25, -0.2) is 15.0 Å². The maximum atomic E-state index is 5.20. The Morgan fingerprint density at radius 1 is 0.311 bits per heavy atom. The zero-order valence-corrected chi connectivity index (χ0v) is 51.8. The number of fused-ring (bicyclic) bond motifs is 19. The van der Waals surface area contributed by atoms with Crippen molar-refractivity contribution in [3.05, 3.63) is 294 Å². The van der Waals surface area contributed by atoms with Gasteiger partial charge in [-0.1, -0.05) is 224 Å². The van der Waals surface area contributed by atoms with E-state index in [1.54, 1.807) is 0 Å². The smallest absolute Gasteiger partial charge is 0.235 e. The first-order valence-corrected chi connectivity index (χ1v) is 32.1. The fraction of sp³-hybridized carbons (Fsp3) is 0.107. The zero-order valence-electron chi connectivity index (χ0n) is 51.0. The number of hydrogen-bond donors (Lipinski definition) is 0. The van der Waals surface area contributed by atoms with Gasteiger partial charge in [-0.3, -0.25) is 9.13 Å². The van der Waals surface area contributed by atoms with Crippen LogP contribution >= 0.6 is 11.3 Å². The first kappa shape index (κ1) is 52.6. The van der Waals surface area contributed by atoms with E-state index in [0.717, 1.165) is 28.1 Å². The van der Waals surface area contributed by atoms with E-state index >= 15 is 0 Å². The van der Waals surface area contributed by atoms with Crippen molar-refractivity contribution in [1.29, 1.82) is 0 Å². The van der Waals surface area contributed by atoms with Crippen LogP contribution in [0.25, 0.3) is 142 Å². The Morgan fingerprint density at radius 2 is 0.811 bits per heavy atom. The van der Waals surface area contributed by atoms with Gasteiger partial charge in [0, 0.05) is 75.9 Å². The van der Waals surface area contributed by atoms with Gasteiger partial charge in [0.25, 0.3) is 0 Å². The van der Waals surface area contributed by atoms with Crippen molar-refractivity contribution in [2.24, 2.45) is 0 Å². The first-order valence-electron chi connectivity index (χ1n) is 31.3. The minimum atomic E-state index is -0.0928. The van der Waals surface area contributed by atoms with Gasteiger partial charge in [0.15, 0.2) is 0 Å². The number of rotatable bonds is 5. The number of thiophene rings is 1. The maximum Gasteiger partial charge on any atom is 0.235 e. The van der Waals surface area contributed by atoms with Crippen LogP contribution < -0.4 is 0 Å². The molecule has 6 heteroatoms. The Bertz CT molecular complexity index is 5710. The fourth-order valence-corrected chi connectivity index (χ4v) is 17.1. The summed E-state index contributed by atoms with van der Waals surface area (Å²) in [5, 5.41) is 7.66. The second-order valence-corrected chi connectivity index (χ2v) is 27.4. The van der Waals surface area contributed by atoms with Gasteiger partial charge in [0.1, 0.15) is 5.82 Å². The van der Waals surface area contributed by atoms with E-state index in [4.69, 9.17) is 15.0 Å². The van der Waals surface area contributed by atoms with Crippen molar-refractivity contribution >= 4 is 75.1 Å². The van der Waals surface area contributed by atoms with Crippen molar-refractivity contribution in [2.45, 2.75) is 57.8 Å². The highest BCUT2D eigenvalue weighted by molar-refractivity contribution is 7.26. The lowest BCUT2D eigenvalue weighted by atomic mass is 9.81. The molecule has 0 aliphatic heterocycles. The normalized spacial score (nSPS) is 14.4. The van der Waals surface area contributed by atoms with Gasteiger partial charge in [0.2, 0.25) is 5.95 Å². The molecule has 0 bridgehead atoms. The van der Waals surface area contributed by atoms with E-state index < -0.39 is 0 Å². The monoisotopic (exact) mass is 1170 g/mol. The van der Waals surface area contributed by atoms with E-state index in [9.17, 15) is 0 Å². The van der Waals surface area contributed by atoms with Gasteiger partial charge < -0.3 is 0 Å². The molecular weight excluding hydrogens is 1110 g/mol. The molecule has 5 heterocycles. The summed E-state index contributed by atoms with van der Waals surface area (Å²) in [6.07, 6.45) is 3.84. The third-order valence-electron chi connectivity index (χ3n) is 20.4. The third-order valence-corrected chi connectivity index (χ3v) is 21.6. The molecule has 0 N–H and O–H groups in total. The minimum absolute atomic E-state index is 0.0220. The molecule has 0 amide bonds. The summed E-state index contributed by atoms with van der Waals surface area (Å²) in [6, 6.07) is 91.0. The first-order chi connectivity index (χ1) is 43.9. The van der Waals surface area contributed by atoms with Gasteiger partial charge in [-0.15, -0.1) is 11.3 Å². The van der Waals surface area contributed by atoms with Crippen LogP contribution in [0, 0.1) is 0 Å². The van der Waals surface area contributed by atoms with E-state index in [-0.39, 0.29) is 16.2 Å². The van der Waals surface area contributed by atoms with Crippen LogP contribution in [0.3, 0.4) is 0 Å². The van der Waals surface area contributed by atoms with E-state index in [2.05, 4.69) is 293 Å². The van der Waals surface area contributed by atoms with Crippen molar-refractivity contribution < 1.29 is 0 Å². The molecule has 19 rings (SSSR count). The molecule has 11 aromatic carbocycles. The van der Waals surface area contributed by atoms with Crippen LogP contribution in [-0.4, -0.2) is 24.1 Å². The predicted octanol–water partition coefficient (Wildman–Crippen LogP) is 22.0. The molecule has 5 aromatic heterocycles. The minimum Gasteiger partial charge on any atom is -0.294 e. The maximum absolute atomic E-state index is 5.20. The largest absolute Gasteiger partial charge is 0.294 e. The molecule has 0 fully saturated rings. The van der Waals surface area contributed by atoms with E-state index in [1.165, 1.54) is 142 Å². The van der Waals surface area contributed by atoms with Crippen LogP contribution in [0.4, 0.5) is 0 Å². The molecule has 0 radical (unpaired) electrons. The molecule has 0 spiro atoms. The van der Waals surface area contributed by atoms with Crippen LogP contribution in [0.5, 0.6) is 0 Å². The molecular formula is C84H61N5S. The lowest BCUT2D eigenvalue weighted by molar-refractivity contribution is 0.660. The van der Waals surface area contributed by atoms with Gasteiger partial charge in [0.05, 0.1) is 27.8 Å². The molecule has 0 saturated heterocycles. The molecule has 90 heavy (non-hydrogen) atoms. The van der Waals surface area contributed by atoms with Crippen LogP contribution in [-0.2, 0) is 16.2 Å². The number of pyridine rings is 1. The molecule has 0 saturated carbocycles. The second-order valence-electron chi connectivity index (χ2n) is 26.3. The predicted molar refractivity (Wildman–Crippen MR) is 377 cm³/mol. The fourth-order valence-electron chi connectivity index (χ4n) is 15.8. The van der Waals surface area contributed by atoms with Gasteiger partial charge >= 0.3 is 0 Å². The zero-order chi connectivity index (χ0) is 60.4. The molecule has 16 aromatic rings. The molecule has 428 valence electrons. The average Bonchev–Trinajstić information content (AvgIpc) is 1.59. The molecule has 0 unspecified atom stereocenters. The van der Waals surface area contributed by atoms with Crippen molar-refractivity contribution in [2.75, 3.05) is 0 Å². The highest BCUT2D eigenvalue weighted by Gasteiger charge is 2.38. The van der Waals surface area contributed by atoms with E-state index in [0.29, 0.717) is 5.95 Å². The summed E-state index contributed by atoms with van der Waals surface area (Å²) < 4.78 is 7.25. The summed E-state index contributed by atoms with van der Waals surface area (Å²) in [4.78, 5) is 15.0. The quantitative estimate of drug-likeness (QED) is 0.173. The number of hydrogen-bond acceptors (Lipinski definition) is 4. The topological polar surface area (TPSA) is 48.5 Å². The SMILES string of the molecule is CC1(C)c2ccccc2-c2ccc(-c3ccc(-c4ccnc(-n5c6ccccc6c6cc7c(cc65)C(C)(C)c5ccccc5-7)n4)cc3)cc21.CC1(C)c2ccccc2-c2ccc(-c3ccnc(-n4c5ccccc5c5c6sc7ccccc7c6ccc54)c3)cc21. The van der Waals surface area contributed by atoms with Crippen LogP contribution in [0.15, 0.2) is 261 Å². The molecule has 3 aliphatic rings. The number of aromatic nitrogens is 5. The number of benzene rings is 11. The van der Waals surface area contributed by atoms with Crippen LogP contribution in [0.1, 0.15) is 74.9 Å². The summed E-state index contributed by atoms with van der Waals surface area (Å²) >= 11 is 1.89. The van der Waals surface area contributed by atoms with Crippen molar-refractivity contribution in [1.82, 2.24) is 24.1 Å². The summed E-state index contributed by atoms with van der Waals surface area (Å²) in [5.74, 6) is 1.62. The lowest BCUT2D eigenvalue weighted by Gasteiger charge is -2.22. The Morgan fingerprint density at radius 3 is 1.48 bits per heavy atom. The number of nitrogens with zero attached hydrogens (tertiary/aromatic N) is 5. The van der Waals surface area contributed by atoms with Crippen molar-refractivity contribution in [3.8, 4) is 78.7 Å². The Kier molecular flexibility index (Phi) is 11.2. The Balaban J connectivity index is 0.000000136. The molecule has 3 aliphatic carbocycles. The highest BCUT2D eigenvalue weighted by atomic mass is 32.1. The Labute approximate surface area is 526 Å². The third kappa shape index (κ3) is 7.58. The summed E-state index contributed by atoms with van der Waals surface area (Å²) in [7, 11) is 0. The highest BCUT2D eigenvalue weighted by Crippen LogP contribution is 2.54. The summed E-state index contributed by atoms with van der Waals surface area (Å²) in [6.45, 7) is 14.0. The standard InChI is InChI=1S/C46H35N3.C38H26N2S/c1-45(2)37-14-8-5-11-31(37)33-22-21-30(25-39(33)45)28-17-19-29(20-18-28)41-23-24-47-44(48-41)49-42-16-10-7-13-34(42)36-26-35-32-12-6-9-15-38(32)46(3,4)40(35)27-43(36)49;1-38(2)30-12-6-3-9-25(30)26-16-15-23(21-31(26)38)24-19-20-39-35(22-24)40-32-13-7-4-11-29(32)36-33(40)18-17-28-27-10-5-8-14-34(27)41-37(28)36/h5-27H,1-4H3;3-22H,1-2H3. The summed E-state index contributed by atoms with van der Waals surface area (Å²) in [5.41, 5.74) is 27.6. The van der Waals surface area contributed by atoms with Crippen LogP contribution in [0.2, 0.25) is 0 Å². The van der Waals surface area contributed by atoms with Gasteiger partial charge in [-0.05, 0) is 156 Å². The second kappa shape index (κ2) is 19.2. The lowest BCUT2D eigenvalue weighted by Crippen LogP contribution is -2.15. The number of para-hydroxylation sites is 2. The Hall–Kier alpha value is -10.5. The molecule has 5 nitrogen and oxygen atoms in total.